The lowest BCUT2D eigenvalue weighted by atomic mass is 9.87. The van der Waals surface area contributed by atoms with Gasteiger partial charge in [-0.15, -0.1) is 0 Å². The molecule has 3 N–H and O–H groups in total. The van der Waals surface area contributed by atoms with Crippen LogP contribution in [0.2, 0.25) is 0 Å². The van der Waals surface area contributed by atoms with Gasteiger partial charge in [0.15, 0.2) is 0 Å². The quantitative estimate of drug-likeness (QED) is 0.411. The van der Waals surface area contributed by atoms with Gasteiger partial charge in [-0.3, -0.25) is 19.7 Å². The van der Waals surface area contributed by atoms with Crippen molar-refractivity contribution in [3.8, 4) is 5.75 Å². The number of rotatable bonds is 5. The van der Waals surface area contributed by atoms with Crippen molar-refractivity contribution in [3.63, 3.8) is 0 Å². The third kappa shape index (κ3) is 3.10. The zero-order valence-corrected chi connectivity index (χ0v) is 14.4. The Morgan fingerprint density at radius 2 is 2.12 bits per heavy atom. The van der Waals surface area contributed by atoms with Gasteiger partial charge in [0, 0.05) is 24.1 Å². The van der Waals surface area contributed by atoms with Gasteiger partial charge >= 0.3 is 0 Å². The number of nitrogens with one attached hydrogen (secondary N) is 2. The Kier molecular flexibility index (Phi) is 4.57. The van der Waals surface area contributed by atoms with Crippen molar-refractivity contribution in [3.05, 3.63) is 28.3 Å². The molecule has 1 aromatic carbocycles. The molecule has 140 valence electrons. The summed E-state index contributed by atoms with van der Waals surface area (Å²) < 4.78 is 5.60. The number of nitrogens with zero attached hydrogens (tertiary/aromatic N) is 1. The fraction of sp³-hybridized carbons (Fsp3) is 0.529. The van der Waals surface area contributed by atoms with E-state index >= 15 is 0 Å². The van der Waals surface area contributed by atoms with Crippen LogP contribution in [0.3, 0.4) is 0 Å². The predicted molar refractivity (Wildman–Crippen MR) is 91.8 cm³/mol. The highest BCUT2D eigenvalue weighted by atomic mass is 16.6. The van der Waals surface area contributed by atoms with Crippen molar-refractivity contribution in [1.82, 2.24) is 5.32 Å². The fourth-order valence-electron chi connectivity index (χ4n) is 3.43. The number of hydrogen-bond donors (Lipinski definition) is 3. The van der Waals surface area contributed by atoms with E-state index in [0.29, 0.717) is 0 Å². The van der Waals surface area contributed by atoms with Crippen LogP contribution in [0, 0.1) is 15.5 Å². The zero-order valence-electron chi connectivity index (χ0n) is 14.4. The number of nitro benzene ring substituents is 1. The summed E-state index contributed by atoms with van der Waals surface area (Å²) in [6.07, 6.45) is 3.63. The van der Waals surface area contributed by atoms with Crippen LogP contribution in [0.15, 0.2) is 18.2 Å². The average Bonchev–Trinajstić information content (AvgIpc) is 3.09. The maximum absolute atomic E-state index is 12.6. The molecule has 1 heterocycles. The number of nitro groups is 1. The summed E-state index contributed by atoms with van der Waals surface area (Å²) in [6.45, 7) is 1.59. The summed E-state index contributed by atoms with van der Waals surface area (Å²) in [4.78, 5) is 35.3. The minimum absolute atomic E-state index is 0.0243. The Hall–Kier alpha value is -2.68. The van der Waals surface area contributed by atoms with Crippen LogP contribution in [-0.4, -0.2) is 40.6 Å². The lowest BCUT2D eigenvalue weighted by molar-refractivity contribution is -0.384. The van der Waals surface area contributed by atoms with Gasteiger partial charge in [0.25, 0.3) is 23.1 Å². The van der Waals surface area contributed by atoms with Gasteiger partial charge < -0.3 is 20.5 Å². The van der Waals surface area contributed by atoms with Crippen LogP contribution in [0.25, 0.3) is 0 Å². The Morgan fingerprint density at radius 3 is 2.73 bits per heavy atom. The van der Waals surface area contributed by atoms with Gasteiger partial charge in [0.05, 0.1) is 17.2 Å². The highest BCUT2D eigenvalue weighted by Gasteiger charge is 2.48. The van der Waals surface area contributed by atoms with Gasteiger partial charge in [-0.05, 0) is 25.8 Å². The first kappa shape index (κ1) is 18.1. The highest BCUT2D eigenvalue weighted by Crippen LogP contribution is 2.38. The van der Waals surface area contributed by atoms with Crippen LogP contribution >= 0.6 is 0 Å². The number of aliphatic hydroxyl groups excluding tert-OH is 1. The number of carbonyl (C=O) groups is 2. The van der Waals surface area contributed by atoms with Crippen molar-refractivity contribution >= 4 is 23.2 Å². The average molecular weight is 363 g/mol. The first-order valence-corrected chi connectivity index (χ1v) is 8.48. The molecule has 2 amide bonds. The van der Waals surface area contributed by atoms with E-state index in [-0.39, 0.29) is 35.7 Å². The van der Waals surface area contributed by atoms with Gasteiger partial charge in [0.2, 0.25) is 0 Å². The van der Waals surface area contributed by atoms with E-state index in [4.69, 9.17) is 4.74 Å². The molecule has 0 radical (unpaired) electrons. The van der Waals surface area contributed by atoms with Crippen LogP contribution in [-0.2, 0) is 9.59 Å². The molecule has 1 unspecified atom stereocenters. The molecule has 2 aliphatic rings. The first-order valence-electron chi connectivity index (χ1n) is 8.48. The smallest absolute Gasteiger partial charge is 0.278 e. The van der Waals surface area contributed by atoms with E-state index in [1.54, 1.807) is 0 Å². The highest BCUT2D eigenvalue weighted by molar-refractivity contribution is 6.15. The first-order chi connectivity index (χ1) is 12.3. The molecule has 1 aliphatic heterocycles. The monoisotopic (exact) mass is 363 g/mol. The Bertz CT molecular complexity index is 759. The number of hydrogen-bond acceptors (Lipinski definition) is 6. The van der Waals surface area contributed by atoms with Crippen molar-refractivity contribution in [1.29, 1.82) is 0 Å². The normalized spacial score (nSPS) is 23.5. The van der Waals surface area contributed by atoms with E-state index < -0.39 is 22.3 Å². The van der Waals surface area contributed by atoms with Gasteiger partial charge in [-0.2, -0.15) is 0 Å². The number of non-ortho nitro benzene ring substituents is 1. The van der Waals surface area contributed by atoms with Crippen molar-refractivity contribution in [2.24, 2.45) is 5.41 Å². The Balaban J connectivity index is 1.75. The third-order valence-corrected chi connectivity index (χ3v) is 5.23. The molecule has 1 saturated carbocycles. The zero-order chi connectivity index (χ0) is 18.9. The number of amides is 2. The lowest BCUT2D eigenvalue weighted by Gasteiger charge is -2.34. The second kappa shape index (κ2) is 6.56. The summed E-state index contributed by atoms with van der Waals surface area (Å²) in [5.41, 5.74) is -2.18. The molecular formula is C17H21N3O6. The van der Waals surface area contributed by atoms with Crippen molar-refractivity contribution in [2.75, 3.05) is 18.5 Å². The minimum atomic E-state index is -1.79. The van der Waals surface area contributed by atoms with Gasteiger partial charge in [-0.1, -0.05) is 12.8 Å². The van der Waals surface area contributed by atoms with Crippen molar-refractivity contribution in [2.45, 2.75) is 38.2 Å². The minimum Gasteiger partial charge on any atom is -0.466 e. The molecule has 9 heteroatoms. The standard InChI is InChI=1S/C17H21N3O6/c1-16(14(22)18-9-17(10-21)6-2-3-7-17)15(23)19-12-8-11(20(24)25)4-5-13(12)26-16/h4-5,8,21H,2-3,6-7,9-10H2,1H3,(H,18,22)(H,19,23). The van der Waals surface area contributed by atoms with Gasteiger partial charge in [0.1, 0.15) is 5.75 Å². The molecule has 26 heavy (non-hydrogen) atoms. The molecule has 1 atom stereocenters. The second-order valence-corrected chi connectivity index (χ2v) is 7.07. The van der Waals surface area contributed by atoms with E-state index in [1.807, 2.05) is 0 Å². The fourth-order valence-corrected chi connectivity index (χ4v) is 3.43. The third-order valence-electron chi connectivity index (χ3n) is 5.23. The summed E-state index contributed by atoms with van der Waals surface area (Å²) in [5, 5.41) is 25.7. The molecule has 0 spiro atoms. The topological polar surface area (TPSA) is 131 Å². The summed E-state index contributed by atoms with van der Waals surface area (Å²) in [6, 6.07) is 3.78. The number of aliphatic hydroxyl groups is 1. The van der Waals surface area contributed by atoms with Crippen LogP contribution < -0.4 is 15.4 Å². The maximum Gasteiger partial charge on any atom is 0.278 e. The van der Waals surface area contributed by atoms with Crippen LogP contribution in [0.1, 0.15) is 32.6 Å². The lowest BCUT2D eigenvalue weighted by Crippen LogP contribution is -2.59. The van der Waals surface area contributed by atoms with E-state index in [0.717, 1.165) is 25.7 Å². The van der Waals surface area contributed by atoms with E-state index in [1.165, 1.54) is 25.1 Å². The largest absolute Gasteiger partial charge is 0.466 e. The molecule has 1 aliphatic carbocycles. The number of benzene rings is 1. The molecule has 9 nitrogen and oxygen atoms in total. The maximum atomic E-state index is 12.6. The molecule has 0 saturated heterocycles. The molecular weight excluding hydrogens is 342 g/mol. The summed E-state index contributed by atoms with van der Waals surface area (Å²) in [5.74, 6) is -1.13. The number of ether oxygens (including phenoxy) is 1. The number of fused-ring (bicyclic) bond motifs is 1. The molecule has 0 aromatic heterocycles. The SMILES string of the molecule is CC1(C(=O)NCC2(CO)CCCC2)Oc2ccc([N+](=O)[O-])cc2NC1=O. The second-order valence-electron chi connectivity index (χ2n) is 7.07. The number of anilines is 1. The molecule has 0 bridgehead atoms. The predicted octanol–water partition coefficient (Wildman–Crippen LogP) is 1.35. The summed E-state index contributed by atoms with van der Waals surface area (Å²) in [7, 11) is 0. The van der Waals surface area contributed by atoms with Gasteiger partial charge in [-0.25, -0.2) is 0 Å². The Labute approximate surface area is 149 Å². The summed E-state index contributed by atoms with van der Waals surface area (Å²) >= 11 is 0. The molecule has 1 fully saturated rings. The number of carbonyl (C=O) groups excluding carboxylic acids is 2. The van der Waals surface area contributed by atoms with E-state index in [9.17, 15) is 24.8 Å². The van der Waals surface area contributed by atoms with Crippen molar-refractivity contribution < 1.29 is 24.4 Å². The molecule has 1 aromatic rings. The van der Waals surface area contributed by atoms with Crippen LogP contribution in [0.4, 0.5) is 11.4 Å². The Morgan fingerprint density at radius 1 is 1.42 bits per heavy atom. The molecule has 3 rings (SSSR count). The van der Waals surface area contributed by atoms with E-state index in [2.05, 4.69) is 10.6 Å². The van der Waals surface area contributed by atoms with Crippen LogP contribution in [0.5, 0.6) is 5.75 Å².